The summed E-state index contributed by atoms with van der Waals surface area (Å²) in [4.78, 5) is 20.9. The Bertz CT molecular complexity index is 595. The molecule has 0 amide bonds. The van der Waals surface area contributed by atoms with Gasteiger partial charge in [0.15, 0.2) is 0 Å². The summed E-state index contributed by atoms with van der Waals surface area (Å²) in [5, 5.41) is 30.4. The maximum atomic E-state index is 11.5. The molecular weight excluding hydrogens is 288 g/mol. The van der Waals surface area contributed by atoms with E-state index in [-0.39, 0.29) is 37.8 Å². The molecule has 20 heavy (non-hydrogen) atoms. The average Bonchev–Trinajstić information content (AvgIpc) is 2.86. The minimum absolute atomic E-state index is 0. The van der Waals surface area contributed by atoms with Crippen LogP contribution in [0.2, 0.25) is 0 Å². The number of nitrogens with zero attached hydrogens (tertiary/aromatic N) is 1. The second-order valence-corrected chi connectivity index (χ2v) is 4.16. The summed E-state index contributed by atoms with van der Waals surface area (Å²) in [6, 6.07) is -1.09. The van der Waals surface area contributed by atoms with E-state index >= 15 is 0 Å². The van der Waals surface area contributed by atoms with E-state index in [1.165, 1.54) is 6.33 Å². The van der Waals surface area contributed by atoms with Crippen molar-refractivity contribution in [2.75, 3.05) is 19.8 Å². The van der Waals surface area contributed by atoms with Gasteiger partial charge in [-0.25, -0.2) is 4.98 Å². The molecule has 9 heteroatoms. The molecule has 0 fully saturated rings. The van der Waals surface area contributed by atoms with Gasteiger partial charge in [-0.15, -0.1) is 12.4 Å². The summed E-state index contributed by atoms with van der Waals surface area (Å²) in [5.74, 6) is 0. The van der Waals surface area contributed by atoms with Gasteiger partial charge in [0.2, 0.25) is 0 Å². The number of fused-ring (bicyclic) bond motifs is 1. The Morgan fingerprint density at radius 2 is 1.90 bits per heavy atom. The first-order valence-corrected chi connectivity index (χ1v) is 5.84. The van der Waals surface area contributed by atoms with Crippen LogP contribution in [-0.2, 0) is 0 Å². The van der Waals surface area contributed by atoms with Gasteiger partial charge in [-0.2, -0.15) is 0 Å². The lowest BCUT2D eigenvalue weighted by Gasteiger charge is -2.21. The van der Waals surface area contributed by atoms with E-state index in [0.29, 0.717) is 16.6 Å². The number of hydrogen-bond acceptors (Lipinski definition) is 6. The van der Waals surface area contributed by atoms with Gasteiger partial charge >= 0.3 is 0 Å². The Hall–Kier alpha value is -1.45. The highest BCUT2D eigenvalue weighted by molar-refractivity contribution is 5.85. The van der Waals surface area contributed by atoms with Crippen molar-refractivity contribution in [2.45, 2.75) is 12.1 Å². The predicted molar refractivity (Wildman–Crippen MR) is 74.9 cm³/mol. The topological polar surface area (TPSA) is 134 Å². The minimum Gasteiger partial charge on any atom is -0.395 e. The van der Waals surface area contributed by atoms with Gasteiger partial charge in [-0.1, -0.05) is 0 Å². The van der Waals surface area contributed by atoms with Crippen LogP contribution in [0.15, 0.2) is 17.3 Å². The Morgan fingerprint density at radius 3 is 2.50 bits per heavy atom. The number of aliphatic hydroxyl groups excluding tert-OH is 3. The second kappa shape index (κ2) is 7.36. The number of halogens is 1. The Balaban J connectivity index is 0.00000200. The van der Waals surface area contributed by atoms with E-state index in [0.717, 1.165) is 0 Å². The molecule has 0 radical (unpaired) electrons. The van der Waals surface area contributed by atoms with E-state index in [1.54, 1.807) is 6.20 Å². The highest BCUT2D eigenvalue weighted by atomic mass is 35.5. The molecule has 0 bridgehead atoms. The summed E-state index contributed by atoms with van der Waals surface area (Å²) >= 11 is 0. The van der Waals surface area contributed by atoms with Gasteiger partial charge in [0, 0.05) is 11.8 Å². The Labute approximate surface area is 120 Å². The third kappa shape index (κ3) is 3.17. The van der Waals surface area contributed by atoms with E-state index in [2.05, 4.69) is 20.3 Å². The number of aromatic amines is 2. The Morgan fingerprint density at radius 1 is 1.20 bits per heavy atom. The van der Waals surface area contributed by atoms with Crippen molar-refractivity contribution < 1.29 is 15.3 Å². The summed E-state index contributed by atoms with van der Waals surface area (Å²) in [6.07, 6.45) is 2.86. The van der Waals surface area contributed by atoms with Crippen LogP contribution >= 0.6 is 12.4 Å². The highest BCUT2D eigenvalue weighted by Crippen LogP contribution is 2.20. The molecule has 2 rings (SSSR count). The molecule has 8 nitrogen and oxygen atoms in total. The van der Waals surface area contributed by atoms with Crippen molar-refractivity contribution in [1.82, 2.24) is 20.3 Å². The van der Waals surface area contributed by atoms with Crippen molar-refractivity contribution in [3.63, 3.8) is 0 Å². The molecule has 2 aromatic rings. The molecule has 0 aliphatic carbocycles. The zero-order valence-corrected chi connectivity index (χ0v) is 11.4. The lowest BCUT2D eigenvalue weighted by Crippen LogP contribution is -2.39. The van der Waals surface area contributed by atoms with Crippen molar-refractivity contribution in [3.8, 4) is 0 Å². The predicted octanol–water partition coefficient (Wildman–Crippen LogP) is -1.35. The molecule has 0 saturated carbocycles. The first-order valence-electron chi connectivity index (χ1n) is 5.84. The normalized spacial score (nSPS) is 12.6. The lowest BCUT2D eigenvalue weighted by atomic mass is 10.1. The molecule has 0 unspecified atom stereocenters. The van der Waals surface area contributed by atoms with Crippen LogP contribution in [0.1, 0.15) is 11.6 Å². The zero-order valence-electron chi connectivity index (χ0n) is 10.5. The van der Waals surface area contributed by atoms with Crippen LogP contribution in [-0.4, -0.2) is 56.1 Å². The van der Waals surface area contributed by atoms with Crippen LogP contribution in [0.5, 0.6) is 0 Å². The number of rotatable bonds is 6. The molecule has 0 saturated heterocycles. The van der Waals surface area contributed by atoms with Crippen molar-refractivity contribution in [2.24, 2.45) is 0 Å². The maximum absolute atomic E-state index is 11.5. The summed E-state index contributed by atoms with van der Waals surface area (Å²) < 4.78 is 0. The largest absolute Gasteiger partial charge is 0.395 e. The average molecular weight is 305 g/mol. The molecule has 2 heterocycles. The van der Waals surface area contributed by atoms with Gasteiger partial charge in [0.05, 0.1) is 38.2 Å². The van der Waals surface area contributed by atoms with Gasteiger partial charge in [0.1, 0.15) is 11.0 Å². The fourth-order valence-electron chi connectivity index (χ4n) is 1.92. The number of hydrogen-bond donors (Lipinski definition) is 6. The summed E-state index contributed by atoms with van der Waals surface area (Å²) in [6.45, 7) is -0.773. The minimum atomic E-state index is -0.552. The van der Waals surface area contributed by atoms with Crippen molar-refractivity contribution in [3.05, 3.63) is 28.4 Å². The molecular formula is C11H17ClN4O4. The quantitative estimate of drug-likeness (QED) is 0.391. The van der Waals surface area contributed by atoms with Gasteiger partial charge in [-0.3, -0.25) is 4.79 Å². The van der Waals surface area contributed by atoms with E-state index in [9.17, 15) is 9.90 Å². The van der Waals surface area contributed by atoms with Crippen molar-refractivity contribution in [1.29, 1.82) is 0 Å². The molecule has 2 aromatic heterocycles. The molecule has 6 N–H and O–H groups in total. The fourth-order valence-corrected chi connectivity index (χ4v) is 1.92. The number of aromatic nitrogens is 3. The molecule has 112 valence electrons. The van der Waals surface area contributed by atoms with Crippen LogP contribution in [0.25, 0.3) is 11.0 Å². The number of H-pyrrole nitrogens is 2. The fraction of sp³-hybridized carbons (Fsp3) is 0.455. The number of aliphatic hydroxyl groups is 3. The van der Waals surface area contributed by atoms with Gasteiger partial charge in [0.25, 0.3) is 5.56 Å². The van der Waals surface area contributed by atoms with Crippen LogP contribution in [0, 0.1) is 0 Å². The molecule has 0 aromatic carbocycles. The van der Waals surface area contributed by atoms with E-state index in [1.807, 2.05) is 0 Å². The zero-order chi connectivity index (χ0) is 13.8. The summed E-state index contributed by atoms with van der Waals surface area (Å²) in [7, 11) is 0. The van der Waals surface area contributed by atoms with Crippen molar-refractivity contribution >= 4 is 23.4 Å². The van der Waals surface area contributed by atoms with Crippen LogP contribution < -0.4 is 10.9 Å². The molecule has 0 spiro atoms. The monoisotopic (exact) mass is 304 g/mol. The van der Waals surface area contributed by atoms with Crippen LogP contribution in [0.3, 0.4) is 0 Å². The first kappa shape index (κ1) is 16.6. The first-order chi connectivity index (χ1) is 9.21. The van der Waals surface area contributed by atoms with Crippen LogP contribution in [0.4, 0.5) is 0 Å². The highest BCUT2D eigenvalue weighted by Gasteiger charge is 2.20. The number of nitrogens with one attached hydrogen (secondary N) is 3. The maximum Gasteiger partial charge on any atom is 0.275 e. The second-order valence-electron chi connectivity index (χ2n) is 4.16. The third-order valence-corrected chi connectivity index (χ3v) is 2.93. The molecule has 1 atom stereocenters. The smallest absolute Gasteiger partial charge is 0.275 e. The molecule has 0 aliphatic rings. The standard InChI is InChI=1S/C11H16N4O4.ClH/c16-2-6(3-17)15-8(4-18)7-1-12-10-9(7)13-5-14-11(10)19;/h1,5-6,8,12,15-18H,2-4H2,(H,13,14,19);1H/t8-;/m1./s1. The van der Waals surface area contributed by atoms with E-state index < -0.39 is 12.1 Å². The van der Waals surface area contributed by atoms with Gasteiger partial charge in [-0.05, 0) is 0 Å². The SMILES string of the molecule is Cl.O=c1[nH]cnc2c([C@@H](CO)NC(CO)CO)c[nH]c12. The molecule has 0 aliphatic heterocycles. The van der Waals surface area contributed by atoms with E-state index in [4.69, 9.17) is 10.2 Å². The van der Waals surface area contributed by atoms with Gasteiger partial charge < -0.3 is 30.6 Å². The third-order valence-electron chi connectivity index (χ3n) is 2.93. The lowest BCUT2D eigenvalue weighted by molar-refractivity contribution is 0.145. The summed E-state index contributed by atoms with van der Waals surface area (Å²) in [5.41, 5.74) is 1.08. The Kier molecular flexibility index (Phi) is 6.11.